The van der Waals surface area contributed by atoms with Gasteiger partial charge in [-0.05, 0) is 30.5 Å². The average Bonchev–Trinajstić information content (AvgIpc) is 2.55. The summed E-state index contributed by atoms with van der Waals surface area (Å²) >= 11 is 0. The summed E-state index contributed by atoms with van der Waals surface area (Å²) in [5.41, 5.74) is 1.52. The first-order valence-corrected chi connectivity index (χ1v) is 7.61. The molecule has 0 radical (unpaired) electrons. The molecule has 22 heavy (non-hydrogen) atoms. The minimum atomic E-state index is -0.350. The van der Waals surface area contributed by atoms with E-state index < -0.39 is 0 Å². The molecule has 0 aliphatic heterocycles. The molecular weight excluding hydrogens is 280 g/mol. The maximum absolute atomic E-state index is 11.8. The van der Waals surface area contributed by atoms with E-state index in [0.717, 1.165) is 31.2 Å². The van der Waals surface area contributed by atoms with Gasteiger partial charge >= 0.3 is 5.97 Å². The molecule has 1 saturated carbocycles. The molecule has 5 heteroatoms. The van der Waals surface area contributed by atoms with Crippen molar-refractivity contribution in [2.45, 2.75) is 38.5 Å². The lowest BCUT2D eigenvalue weighted by molar-refractivity contribution is -0.152. The van der Waals surface area contributed by atoms with E-state index in [2.05, 4.69) is 11.4 Å². The first-order chi connectivity index (χ1) is 10.7. The molecule has 0 atom stereocenters. The number of benzene rings is 1. The van der Waals surface area contributed by atoms with Gasteiger partial charge in [0.15, 0.2) is 6.61 Å². The maximum atomic E-state index is 11.8. The van der Waals surface area contributed by atoms with Crippen LogP contribution in [0.3, 0.4) is 0 Å². The molecule has 1 amide bonds. The van der Waals surface area contributed by atoms with E-state index in [1.165, 1.54) is 6.42 Å². The summed E-state index contributed by atoms with van der Waals surface area (Å²) in [4.78, 5) is 23.6. The topological polar surface area (TPSA) is 79.2 Å². The normalized spacial score (nSPS) is 14.9. The highest BCUT2D eigenvalue weighted by molar-refractivity contribution is 5.92. The molecule has 1 aromatic carbocycles. The highest BCUT2D eigenvalue weighted by Gasteiger charge is 2.23. The van der Waals surface area contributed by atoms with E-state index in [1.807, 2.05) is 0 Å². The lowest BCUT2D eigenvalue weighted by Gasteiger charge is -2.19. The van der Waals surface area contributed by atoms with Crippen molar-refractivity contribution >= 4 is 17.6 Å². The monoisotopic (exact) mass is 300 g/mol. The molecular formula is C17H20N2O3. The van der Waals surface area contributed by atoms with Gasteiger partial charge < -0.3 is 10.1 Å². The number of carbonyl (C=O) groups is 2. The molecule has 1 aliphatic carbocycles. The zero-order valence-corrected chi connectivity index (χ0v) is 12.5. The molecule has 0 aromatic heterocycles. The van der Waals surface area contributed by atoms with Crippen molar-refractivity contribution in [3.63, 3.8) is 0 Å². The third-order valence-electron chi connectivity index (χ3n) is 3.80. The smallest absolute Gasteiger partial charge is 0.309 e. The summed E-state index contributed by atoms with van der Waals surface area (Å²) in [6, 6.07) is 9.09. The van der Waals surface area contributed by atoms with E-state index in [1.54, 1.807) is 24.3 Å². The van der Waals surface area contributed by atoms with E-state index in [-0.39, 0.29) is 24.4 Å². The van der Waals surface area contributed by atoms with Crippen LogP contribution >= 0.6 is 0 Å². The van der Waals surface area contributed by atoms with Gasteiger partial charge in [0.2, 0.25) is 0 Å². The Morgan fingerprint density at radius 2 is 1.86 bits per heavy atom. The Labute approximate surface area is 130 Å². The van der Waals surface area contributed by atoms with E-state index in [9.17, 15) is 9.59 Å². The number of nitrogens with one attached hydrogen (secondary N) is 1. The first-order valence-electron chi connectivity index (χ1n) is 7.61. The van der Waals surface area contributed by atoms with Crippen LogP contribution in [0.4, 0.5) is 5.69 Å². The quantitative estimate of drug-likeness (QED) is 0.848. The number of rotatable bonds is 5. The maximum Gasteiger partial charge on any atom is 0.309 e. The van der Waals surface area contributed by atoms with Gasteiger partial charge in [-0.2, -0.15) is 5.26 Å². The fraction of sp³-hybridized carbons (Fsp3) is 0.471. The summed E-state index contributed by atoms with van der Waals surface area (Å²) in [6.07, 6.45) is 5.35. The van der Waals surface area contributed by atoms with E-state index in [0.29, 0.717) is 12.1 Å². The lowest BCUT2D eigenvalue weighted by atomic mass is 9.89. The lowest BCUT2D eigenvalue weighted by Crippen LogP contribution is -2.26. The van der Waals surface area contributed by atoms with Crippen LogP contribution in [0.15, 0.2) is 24.3 Å². The Balaban J connectivity index is 1.75. The highest BCUT2D eigenvalue weighted by Crippen LogP contribution is 2.24. The van der Waals surface area contributed by atoms with Gasteiger partial charge in [0.05, 0.1) is 18.4 Å². The second kappa shape index (κ2) is 8.18. The summed E-state index contributed by atoms with van der Waals surface area (Å²) in [6.45, 7) is -0.255. The predicted octanol–water partition coefficient (Wildman–Crippen LogP) is 2.81. The predicted molar refractivity (Wildman–Crippen MR) is 81.9 cm³/mol. The van der Waals surface area contributed by atoms with Gasteiger partial charge in [-0.1, -0.05) is 31.4 Å². The summed E-state index contributed by atoms with van der Waals surface area (Å²) in [5.74, 6) is -0.664. The Morgan fingerprint density at radius 3 is 2.50 bits per heavy atom. The van der Waals surface area contributed by atoms with Crippen LogP contribution in [-0.4, -0.2) is 18.5 Å². The zero-order chi connectivity index (χ0) is 15.8. The minimum absolute atomic E-state index is 0.0492. The third kappa shape index (κ3) is 4.88. The van der Waals surface area contributed by atoms with Crippen LogP contribution in [0.5, 0.6) is 0 Å². The molecule has 1 aliphatic rings. The molecule has 0 spiro atoms. The molecule has 0 unspecified atom stereocenters. The van der Waals surface area contributed by atoms with Crippen LogP contribution in [-0.2, 0) is 20.7 Å². The Morgan fingerprint density at radius 1 is 1.18 bits per heavy atom. The van der Waals surface area contributed by atoms with Crippen molar-refractivity contribution in [3.8, 4) is 6.07 Å². The van der Waals surface area contributed by atoms with E-state index >= 15 is 0 Å². The minimum Gasteiger partial charge on any atom is -0.455 e. The molecule has 1 fully saturated rings. The van der Waals surface area contributed by atoms with E-state index in [4.69, 9.17) is 10.00 Å². The molecule has 1 aromatic rings. The second-order valence-electron chi connectivity index (χ2n) is 5.52. The fourth-order valence-electron chi connectivity index (χ4n) is 2.59. The molecule has 2 rings (SSSR count). The van der Waals surface area contributed by atoms with Crippen molar-refractivity contribution in [3.05, 3.63) is 29.8 Å². The Bertz CT molecular complexity index is 554. The first kappa shape index (κ1) is 16.0. The number of nitrogens with zero attached hydrogens (tertiary/aromatic N) is 1. The van der Waals surface area contributed by atoms with Crippen molar-refractivity contribution < 1.29 is 14.3 Å². The molecule has 0 heterocycles. The number of ether oxygens (including phenoxy) is 1. The van der Waals surface area contributed by atoms with Crippen molar-refractivity contribution in [1.82, 2.24) is 0 Å². The van der Waals surface area contributed by atoms with Gasteiger partial charge in [-0.3, -0.25) is 9.59 Å². The van der Waals surface area contributed by atoms with Gasteiger partial charge in [-0.25, -0.2) is 0 Å². The molecule has 0 bridgehead atoms. The molecule has 116 valence electrons. The zero-order valence-electron chi connectivity index (χ0n) is 12.5. The van der Waals surface area contributed by atoms with Gasteiger partial charge in [-0.15, -0.1) is 0 Å². The van der Waals surface area contributed by atoms with Gasteiger partial charge in [0, 0.05) is 5.69 Å². The largest absolute Gasteiger partial charge is 0.455 e. The fourth-order valence-corrected chi connectivity index (χ4v) is 2.59. The number of carbonyl (C=O) groups excluding carboxylic acids is 2. The highest BCUT2D eigenvalue weighted by atomic mass is 16.5. The molecule has 5 nitrogen and oxygen atoms in total. The number of amides is 1. The molecule has 0 saturated heterocycles. The average molecular weight is 300 g/mol. The summed E-state index contributed by atoms with van der Waals surface area (Å²) in [5, 5.41) is 11.3. The van der Waals surface area contributed by atoms with Crippen LogP contribution < -0.4 is 5.32 Å². The summed E-state index contributed by atoms with van der Waals surface area (Å²) in [7, 11) is 0. The standard InChI is InChI=1S/C17H20N2O3/c18-11-10-13-6-8-15(9-7-13)19-16(20)12-22-17(21)14-4-2-1-3-5-14/h6-9,14H,1-5,10,12H2,(H,19,20). The van der Waals surface area contributed by atoms with Crippen LogP contribution in [0.25, 0.3) is 0 Å². The van der Waals surface area contributed by atoms with Gasteiger partial charge in [0.1, 0.15) is 0 Å². The number of esters is 1. The van der Waals surface area contributed by atoms with Crippen molar-refractivity contribution in [1.29, 1.82) is 5.26 Å². The van der Waals surface area contributed by atoms with Crippen LogP contribution in [0, 0.1) is 17.2 Å². The van der Waals surface area contributed by atoms with Gasteiger partial charge in [0.25, 0.3) is 5.91 Å². The van der Waals surface area contributed by atoms with Crippen LogP contribution in [0.2, 0.25) is 0 Å². The van der Waals surface area contributed by atoms with Crippen LogP contribution in [0.1, 0.15) is 37.7 Å². The summed E-state index contributed by atoms with van der Waals surface area (Å²) < 4.78 is 5.08. The number of nitriles is 1. The second-order valence-corrected chi connectivity index (χ2v) is 5.52. The Hall–Kier alpha value is -2.35. The number of hydrogen-bond acceptors (Lipinski definition) is 4. The SMILES string of the molecule is N#CCc1ccc(NC(=O)COC(=O)C2CCCCC2)cc1. The third-order valence-corrected chi connectivity index (χ3v) is 3.80. The number of hydrogen-bond donors (Lipinski definition) is 1. The molecule has 1 N–H and O–H groups in total. The van der Waals surface area contributed by atoms with Crippen molar-refractivity contribution in [2.24, 2.45) is 5.92 Å². The number of anilines is 1. The van der Waals surface area contributed by atoms with Crippen molar-refractivity contribution in [2.75, 3.05) is 11.9 Å². The Kier molecular flexibility index (Phi) is 5.96.